The fourth-order valence-corrected chi connectivity index (χ4v) is 1.61. The number of hydrogen-bond acceptors (Lipinski definition) is 2. The van der Waals surface area contributed by atoms with E-state index in [-0.39, 0.29) is 11.8 Å². The zero-order valence-corrected chi connectivity index (χ0v) is 10.3. The Hall–Kier alpha value is -0.570. The monoisotopic (exact) mass is 215 g/mol. The topological polar surface area (TPSA) is 49.3 Å². The summed E-state index contributed by atoms with van der Waals surface area (Å²) in [6, 6.07) is 0. The van der Waals surface area contributed by atoms with Crippen LogP contribution in [0.25, 0.3) is 0 Å². The molecule has 0 aromatic carbocycles. The molecule has 1 unspecified atom stereocenters. The molecule has 90 valence electrons. The van der Waals surface area contributed by atoms with Crippen molar-refractivity contribution in [2.45, 2.75) is 59.0 Å². The smallest absolute Gasteiger partial charge is 0.223 e. The minimum atomic E-state index is -0.405. The molecule has 0 saturated carbocycles. The van der Waals surface area contributed by atoms with Crippen molar-refractivity contribution in [3.05, 3.63) is 0 Å². The molecule has 0 aromatic rings. The summed E-state index contributed by atoms with van der Waals surface area (Å²) in [5.41, 5.74) is 0. The lowest BCUT2D eigenvalue weighted by Gasteiger charge is -2.16. The Balaban J connectivity index is 3.90. The highest BCUT2D eigenvalue weighted by atomic mass is 16.3. The van der Waals surface area contributed by atoms with Gasteiger partial charge in [0.1, 0.15) is 0 Å². The van der Waals surface area contributed by atoms with Gasteiger partial charge in [-0.2, -0.15) is 0 Å². The molecule has 0 spiro atoms. The Labute approximate surface area is 93.3 Å². The molecule has 2 N–H and O–H groups in total. The molecule has 0 aliphatic carbocycles. The molecule has 3 nitrogen and oxygen atoms in total. The van der Waals surface area contributed by atoms with Gasteiger partial charge in [0.25, 0.3) is 0 Å². The maximum Gasteiger partial charge on any atom is 0.223 e. The van der Waals surface area contributed by atoms with Gasteiger partial charge < -0.3 is 10.4 Å². The molecule has 0 saturated heterocycles. The number of nitrogens with one attached hydrogen (secondary N) is 1. The van der Waals surface area contributed by atoms with E-state index in [0.717, 1.165) is 25.7 Å². The van der Waals surface area contributed by atoms with Gasteiger partial charge in [-0.15, -0.1) is 0 Å². The average molecular weight is 215 g/mol. The van der Waals surface area contributed by atoms with Crippen molar-refractivity contribution < 1.29 is 9.90 Å². The third-order valence-electron chi connectivity index (χ3n) is 2.63. The maximum atomic E-state index is 11.7. The lowest BCUT2D eigenvalue weighted by atomic mass is 9.97. The molecule has 0 rings (SSSR count). The molecule has 0 aromatic heterocycles. The van der Waals surface area contributed by atoms with Gasteiger partial charge in [-0.25, -0.2) is 0 Å². The predicted molar refractivity (Wildman–Crippen MR) is 62.6 cm³/mol. The van der Waals surface area contributed by atoms with Crippen molar-refractivity contribution in [2.75, 3.05) is 6.54 Å². The number of hydrogen-bond donors (Lipinski definition) is 2. The van der Waals surface area contributed by atoms with Crippen LogP contribution in [-0.2, 0) is 4.79 Å². The molecule has 0 aliphatic rings. The molecule has 1 amide bonds. The van der Waals surface area contributed by atoms with Crippen molar-refractivity contribution >= 4 is 5.91 Å². The number of carbonyl (C=O) groups is 1. The highest BCUT2D eigenvalue weighted by Gasteiger charge is 2.16. The quantitative estimate of drug-likeness (QED) is 0.651. The second-order valence-electron chi connectivity index (χ2n) is 4.08. The summed E-state index contributed by atoms with van der Waals surface area (Å²) in [5, 5.41) is 12.1. The molecular weight excluding hydrogens is 190 g/mol. The minimum Gasteiger partial charge on any atom is -0.391 e. The summed E-state index contributed by atoms with van der Waals surface area (Å²) in [7, 11) is 0. The first-order chi connectivity index (χ1) is 7.15. The highest BCUT2D eigenvalue weighted by molar-refractivity contribution is 5.78. The van der Waals surface area contributed by atoms with Crippen LogP contribution in [0, 0.1) is 5.92 Å². The van der Waals surface area contributed by atoms with Gasteiger partial charge in [0.15, 0.2) is 0 Å². The Bertz CT molecular complexity index is 165. The molecule has 0 radical (unpaired) electrons. The fourth-order valence-electron chi connectivity index (χ4n) is 1.61. The van der Waals surface area contributed by atoms with Gasteiger partial charge in [-0.3, -0.25) is 4.79 Å². The molecule has 3 heteroatoms. The molecule has 1 atom stereocenters. The first-order valence-electron chi connectivity index (χ1n) is 6.11. The van der Waals surface area contributed by atoms with E-state index in [1.54, 1.807) is 0 Å². The Morgan fingerprint density at radius 1 is 1.20 bits per heavy atom. The van der Waals surface area contributed by atoms with Crippen molar-refractivity contribution in [1.82, 2.24) is 5.32 Å². The van der Waals surface area contributed by atoms with E-state index in [4.69, 9.17) is 0 Å². The van der Waals surface area contributed by atoms with E-state index in [0.29, 0.717) is 13.0 Å². The van der Waals surface area contributed by atoms with Crippen molar-refractivity contribution in [2.24, 2.45) is 5.92 Å². The second-order valence-corrected chi connectivity index (χ2v) is 4.08. The summed E-state index contributed by atoms with van der Waals surface area (Å²) < 4.78 is 0. The van der Waals surface area contributed by atoms with Crippen molar-refractivity contribution in [3.8, 4) is 0 Å². The predicted octanol–water partition coefficient (Wildman–Crippen LogP) is 2.09. The van der Waals surface area contributed by atoms with Crippen LogP contribution in [0.15, 0.2) is 0 Å². The fraction of sp³-hybridized carbons (Fsp3) is 0.917. The third kappa shape index (κ3) is 6.50. The van der Waals surface area contributed by atoms with Gasteiger partial charge >= 0.3 is 0 Å². The molecule has 0 fully saturated rings. The van der Waals surface area contributed by atoms with Crippen LogP contribution in [0.4, 0.5) is 0 Å². The van der Waals surface area contributed by atoms with E-state index in [2.05, 4.69) is 19.2 Å². The number of aliphatic hydroxyl groups is 1. The van der Waals surface area contributed by atoms with E-state index < -0.39 is 6.10 Å². The number of rotatable bonds is 8. The molecule has 0 heterocycles. The summed E-state index contributed by atoms with van der Waals surface area (Å²) in [4.78, 5) is 11.7. The van der Waals surface area contributed by atoms with Crippen LogP contribution in [0.1, 0.15) is 52.9 Å². The van der Waals surface area contributed by atoms with Gasteiger partial charge in [0.05, 0.1) is 6.10 Å². The van der Waals surface area contributed by atoms with Crippen LogP contribution in [-0.4, -0.2) is 23.7 Å². The van der Waals surface area contributed by atoms with Gasteiger partial charge in [0, 0.05) is 12.5 Å². The standard InChI is InChI=1S/C12H25NO2/c1-4-7-10(8-5-2)12(15)13-9-11(14)6-3/h10-11,14H,4-9H2,1-3H3,(H,13,15). The van der Waals surface area contributed by atoms with Crippen LogP contribution < -0.4 is 5.32 Å². The summed E-state index contributed by atoms with van der Waals surface area (Å²) >= 11 is 0. The molecule has 0 bridgehead atoms. The SMILES string of the molecule is CCCC(CCC)C(=O)NCC(O)CC. The van der Waals surface area contributed by atoms with Crippen molar-refractivity contribution in [1.29, 1.82) is 0 Å². The van der Waals surface area contributed by atoms with Gasteiger partial charge in [-0.05, 0) is 19.3 Å². The summed E-state index contributed by atoms with van der Waals surface area (Å²) in [6.07, 6.45) is 4.25. The van der Waals surface area contributed by atoms with E-state index in [1.165, 1.54) is 0 Å². The largest absolute Gasteiger partial charge is 0.391 e. The van der Waals surface area contributed by atoms with Crippen LogP contribution in [0.3, 0.4) is 0 Å². The second kappa shape index (κ2) is 8.72. The van der Waals surface area contributed by atoms with E-state index in [9.17, 15) is 9.90 Å². The first kappa shape index (κ1) is 14.4. The zero-order chi connectivity index (χ0) is 11.7. The summed E-state index contributed by atoms with van der Waals surface area (Å²) in [6.45, 7) is 6.49. The normalized spacial score (nSPS) is 12.9. The zero-order valence-electron chi connectivity index (χ0n) is 10.3. The Morgan fingerprint density at radius 3 is 2.13 bits per heavy atom. The van der Waals surface area contributed by atoms with Crippen LogP contribution in [0.5, 0.6) is 0 Å². The molecular formula is C12H25NO2. The highest BCUT2D eigenvalue weighted by Crippen LogP contribution is 2.13. The first-order valence-corrected chi connectivity index (χ1v) is 6.11. The molecule has 0 aliphatic heterocycles. The Morgan fingerprint density at radius 2 is 1.73 bits per heavy atom. The van der Waals surface area contributed by atoms with Gasteiger partial charge in [-0.1, -0.05) is 33.6 Å². The Kier molecular flexibility index (Phi) is 8.38. The summed E-state index contributed by atoms with van der Waals surface area (Å²) in [5.74, 6) is 0.232. The lowest BCUT2D eigenvalue weighted by molar-refractivity contribution is -0.125. The van der Waals surface area contributed by atoms with Crippen molar-refractivity contribution in [3.63, 3.8) is 0 Å². The third-order valence-corrected chi connectivity index (χ3v) is 2.63. The number of carbonyl (C=O) groups excluding carboxylic acids is 1. The van der Waals surface area contributed by atoms with E-state index in [1.807, 2.05) is 6.92 Å². The lowest BCUT2D eigenvalue weighted by Crippen LogP contribution is -2.36. The number of amides is 1. The number of aliphatic hydroxyl groups excluding tert-OH is 1. The van der Waals surface area contributed by atoms with Crippen LogP contribution >= 0.6 is 0 Å². The van der Waals surface area contributed by atoms with Crippen LogP contribution in [0.2, 0.25) is 0 Å². The minimum absolute atomic E-state index is 0.103. The van der Waals surface area contributed by atoms with Gasteiger partial charge in [0.2, 0.25) is 5.91 Å². The van der Waals surface area contributed by atoms with E-state index >= 15 is 0 Å². The maximum absolute atomic E-state index is 11.7. The average Bonchev–Trinajstić information content (AvgIpc) is 2.25. The molecule has 15 heavy (non-hydrogen) atoms.